The monoisotopic (exact) mass is 210 g/mol. The van der Waals surface area contributed by atoms with Crippen molar-refractivity contribution >= 4 is 5.76 Å². The van der Waals surface area contributed by atoms with Crippen molar-refractivity contribution in [3.63, 3.8) is 0 Å². The molecule has 0 aliphatic heterocycles. The lowest BCUT2D eigenvalue weighted by molar-refractivity contribution is 0.501. The highest BCUT2D eigenvalue weighted by Gasteiger charge is 2.23. The molecule has 0 amide bonds. The predicted octanol–water partition coefficient (Wildman–Crippen LogP) is 3.50. The summed E-state index contributed by atoms with van der Waals surface area (Å²) in [5, 5.41) is 10.1. The first-order chi connectivity index (χ1) is 7.84. The summed E-state index contributed by atoms with van der Waals surface area (Å²) < 4.78 is 0. The molecular weight excluding hydrogens is 196 g/mol. The zero-order valence-corrected chi connectivity index (χ0v) is 9.01. The van der Waals surface area contributed by atoms with Gasteiger partial charge in [0.15, 0.2) is 0 Å². The molecule has 2 aliphatic carbocycles. The van der Waals surface area contributed by atoms with Crippen LogP contribution in [-0.4, -0.2) is 5.11 Å². The highest BCUT2D eigenvalue weighted by molar-refractivity contribution is 5.63. The summed E-state index contributed by atoms with van der Waals surface area (Å²) in [6.45, 7) is 0. The first kappa shape index (κ1) is 9.46. The van der Waals surface area contributed by atoms with Gasteiger partial charge in [0, 0.05) is 11.5 Å². The van der Waals surface area contributed by atoms with Crippen LogP contribution in [0.3, 0.4) is 0 Å². The number of aliphatic hydroxyl groups excluding tert-OH is 1. The van der Waals surface area contributed by atoms with E-state index in [2.05, 4.69) is 30.4 Å². The molecule has 0 aromatic heterocycles. The molecule has 2 unspecified atom stereocenters. The van der Waals surface area contributed by atoms with Crippen LogP contribution >= 0.6 is 0 Å². The van der Waals surface area contributed by atoms with Crippen molar-refractivity contribution in [3.8, 4) is 0 Å². The molecule has 2 aliphatic rings. The summed E-state index contributed by atoms with van der Waals surface area (Å²) in [5.74, 6) is 1.23. The zero-order chi connectivity index (χ0) is 11.0. The first-order valence-electron chi connectivity index (χ1n) is 5.68. The second kappa shape index (κ2) is 3.67. The van der Waals surface area contributed by atoms with Gasteiger partial charge in [-0.2, -0.15) is 0 Å². The highest BCUT2D eigenvalue weighted by Crippen LogP contribution is 2.33. The van der Waals surface area contributed by atoms with Crippen LogP contribution in [0, 0.1) is 11.8 Å². The summed E-state index contributed by atoms with van der Waals surface area (Å²) in [7, 11) is 0. The van der Waals surface area contributed by atoms with E-state index < -0.39 is 0 Å². The SMILES string of the molecule is OC1=CC2C=CC=CC2Cc2ccccc21. The minimum atomic E-state index is 0.331. The van der Waals surface area contributed by atoms with Crippen LogP contribution in [0.15, 0.2) is 54.6 Å². The first-order valence-corrected chi connectivity index (χ1v) is 5.68. The third-order valence-corrected chi connectivity index (χ3v) is 3.40. The molecule has 1 N–H and O–H groups in total. The van der Waals surface area contributed by atoms with Crippen LogP contribution in [0.4, 0.5) is 0 Å². The fourth-order valence-electron chi connectivity index (χ4n) is 2.53. The van der Waals surface area contributed by atoms with E-state index in [-0.39, 0.29) is 0 Å². The van der Waals surface area contributed by atoms with Crippen molar-refractivity contribution in [2.45, 2.75) is 6.42 Å². The van der Waals surface area contributed by atoms with Crippen LogP contribution in [0.2, 0.25) is 0 Å². The van der Waals surface area contributed by atoms with E-state index in [0.717, 1.165) is 12.0 Å². The molecule has 0 spiro atoms. The van der Waals surface area contributed by atoms with Crippen LogP contribution in [0.1, 0.15) is 11.1 Å². The molecule has 16 heavy (non-hydrogen) atoms. The van der Waals surface area contributed by atoms with Crippen LogP contribution in [-0.2, 0) is 6.42 Å². The number of aliphatic hydroxyl groups is 1. The number of hydrogen-bond donors (Lipinski definition) is 1. The Balaban J connectivity index is 2.10. The van der Waals surface area contributed by atoms with E-state index in [9.17, 15) is 5.11 Å². The summed E-state index contributed by atoms with van der Waals surface area (Å²) >= 11 is 0. The number of fused-ring (bicyclic) bond motifs is 2. The zero-order valence-electron chi connectivity index (χ0n) is 9.01. The molecule has 3 rings (SSSR count). The number of benzene rings is 1. The van der Waals surface area contributed by atoms with Crippen LogP contribution in [0.5, 0.6) is 0 Å². The molecule has 80 valence electrons. The lowest BCUT2D eigenvalue weighted by Gasteiger charge is -2.19. The Hall–Kier alpha value is -1.76. The van der Waals surface area contributed by atoms with E-state index in [1.54, 1.807) is 0 Å². The molecule has 2 atom stereocenters. The fourth-order valence-corrected chi connectivity index (χ4v) is 2.53. The van der Waals surface area contributed by atoms with Gasteiger partial charge in [-0.05, 0) is 24.0 Å². The van der Waals surface area contributed by atoms with Gasteiger partial charge in [-0.25, -0.2) is 0 Å². The van der Waals surface area contributed by atoms with Crippen molar-refractivity contribution in [1.29, 1.82) is 0 Å². The van der Waals surface area contributed by atoms with Gasteiger partial charge in [0.2, 0.25) is 0 Å². The standard InChI is InChI=1S/C15H14O/c16-15-10-12-6-2-1-5-11(12)9-13-7-3-4-8-14(13)15/h1-8,10-12,16H,9H2. The smallest absolute Gasteiger partial charge is 0.119 e. The molecule has 0 saturated carbocycles. The minimum Gasteiger partial charge on any atom is -0.508 e. The van der Waals surface area contributed by atoms with Gasteiger partial charge < -0.3 is 5.11 Å². The summed E-state index contributed by atoms with van der Waals surface area (Å²) in [6.07, 6.45) is 11.5. The number of allylic oxidation sites excluding steroid dienone is 5. The second-order valence-electron chi connectivity index (χ2n) is 4.42. The average Bonchev–Trinajstić information content (AvgIpc) is 2.45. The lowest BCUT2D eigenvalue weighted by Crippen LogP contribution is -2.12. The normalized spacial score (nSPS) is 26.6. The molecule has 1 aromatic rings. The Labute approximate surface area is 95.4 Å². The van der Waals surface area contributed by atoms with E-state index >= 15 is 0 Å². The van der Waals surface area contributed by atoms with Crippen molar-refractivity contribution in [3.05, 3.63) is 65.8 Å². The molecule has 0 saturated heterocycles. The summed E-state index contributed by atoms with van der Waals surface area (Å²) in [6, 6.07) is 8.11. The quantitative estimate of drug-likeness (QED) is 0.694. The van der Waals surface area contributed by atoms with Gasteiger partial charge >= 0.3 is 0 Å². The number of rotatable bonds is 0. The Bertz CT molecular complexity index is 494. The van der Waals surface area contributed by atoms with Gasteiger partial charge in [0.25, 0.3) is 0 Å². The fraction of sp³-hybridized carbons (Fsp3) is 0.200. The topological polar surface area (TPSA) is 20.2 Å². The second-order valence-corrected chi connectivity index (χ2v) is 4.42. The maximum absolute atomic E-state index is 10.1. The van der Waals surface area contributed by atoms with Gasteiger partial charge in [-0.3, -0.25) is 0 Å². The van der Waals surface area contributed by atoms with E-state index in [1.807, 2.05) is 24.3 Å². The van der Waals surface area contributed by atoms with Gasteiger partial charge in [-0.15, -0.1) is 0 Å². The Kier molecular flexibility index (Phi) is 2.17. The van der Waals surface area contributed by atoms with Gasteiger partial charge in [-0.1, -0.05) is 48.6 Å². The lowest BCUT2D eigenvalue weighted by atomic mass is 9.85. The molecule has 0 heterocycles. The molecule has 1 aromatic carbocycles. The van der Waals surface area contributed by atoms with E-state index in [0.29, 0.717) is 17.6 Å². The summed E-state index contributed by atoms with van der Waals surface area (Å²) in [4.78, 5) is 0. The van der Waals surface area contributed by atoms with Crippen molar-refractivity contribution in [2.24, 2.45) is 11.8 Å². The maximum atomic E-state index is 10.1. The molecule has 1 heteroatoms. The molecule has 1 nitrogen and oxygen atoms in total. The predicted molar refractivity (Wildman–Crippen MR) is 66.0 cm³/mol. The van der Waals surface area contributed by atoms with Crippen molar-refractivity contribution < 1.29 is 5.11 Å². The van der Waals surface area contributed by atoms with Crippen LogP contribution in [0.25, 0.3) is 5.76 Å². The van der Waals surface area contributed by atoms with Gasteiger partial charge in [0.05, 0.1) is 0 Å². The average molecular weight is 210 g/mol. The largest absolute Gasteiger partial charge is 0.508 e. The minimum absolute atomic E-state index is 0.331. The Morgan fingerprint density at radius 2 is 1.88 bits per heavy atom. The third-order valence-electron chi connectivity index (χ3n) is 3.40. The molecule has 0 fully saturated rings. The van der Waals surface area contributed by atoms with Crippen molar-refractivity contribution in [1.82, 2.24) is 0 Å². The van der Waals surface area contributed by atoms with Gasteiger partial charge in [0.1, 0.15) is 5.76 Å². The molecular formula is C15H14O. The molecule has 0 radical (unpaired) electrons. The third kappa shape index (κ3) is 1.49. The van der Waals surface area contributed by atoms with Crippen molar-refractivity contribution in [2.75, 3.05) is 0 Å². The van der Waals surface area contributed by atoms with Crippen LogP contribution < -0.4 is 0 Å². The Morgan fingerprint density at radius 3 is 2.81 bits per heavy atom. The summed E-state index contributed by atoms with van der Waals surface area (Å²) in [5.41, 5.74) is 2.22. The number of hydrogen-bond acceptors (Lipinski definition) is 1. The van der Waals surface area contributed by atoms with E-state index in [4.69, 9.17) is 0 Å². The molecule has 0 bridgehead atoms. The Morgan fingerprint density at radius 1 is 1.06 bits per heavy atom. The highest BCUT2D eigenvalue weighted by atomic mass is 16.3. The van der Waals surface area contributed by atoms with E-state index in [1.165, 1.54) is 5.56 Å². The maximum Gasteiger partial charge on any atom is 0.119 e.